The molecule has 3 aromatic heterocycles. The van der Waals surface area contributed by atoms with Gasteiger partial charge in [-0.25, -0.2) is 4.79 Å². The molecule has 1 aliphatic heterocycles. The van der Waals surface area contributed by atoms with Gasteiger partial charge in [-0.15, -0.1) is 32.9 Å². The minimum Gasteiger partial charge on any atom is -0.462 e. The summed E-state index contributed by atoms with van der Waals surface area (Å²) in [6, 6.07) is 4.02. The SMILES string of the molecule is CCOC(=O)c1c(NC(=O)CSc2nnc(-c3cccs3)n2CC2CCCO2)sc2c1CCC(C)C2. The standard InChI is InChI=1S/C25H30N4O4S3/c1-3-32-24(31)21-17-9-8-15(2)12-19(17)36-23(21)26-20(30)14-35-25-28-27-22(18-7-5-11-34-18)29(25)13-16-6-4-10-33-16/h5,7,11,15-16H,3-4,6,8-10,12-14H2,1-2H3,(H,26,30). The average molecular weight is 547 g/mol. The second kappa shape index (κ2) is 11.5. The van der Waals surface area contributed by atoms with E-state index in [1.165, 1.54) is 28.0 Å². The summed E-state index contributed by atoms with van der Waals surface area (Å²) in [5.74, 6) is 0.993. The molecule has 0 bridgehead atoms. The molecule has 1 fully saturated rings. The lowest BCUT2D eigenvalue weighted by Crippen LogP contribution is -2.19. The Balaban J connectivity index is 1.32. The molecular weight excluding hydrogens is 517 g/mol. The Labute approximate surface area is 222 Å². The lowest BCUT2D eigenvalue weighted by Gasteiger charge is -2.18. The number of anilines is 1. The Morgan fingerprint density at radius 1 is 1.33 bits per heavy atom. The summed E-state index contributed by atoms with van der Waals surface area (Å²) in [4.78, 5) is 28.0. The van der Waals surface area contributed by atoms with Crippen LogP contribution in [-0.4, -0.2) is 51.7 Å². The number of thiophene rings is 2. The predicted octanol–water partition coefficient (Wildman–Crippen LogP) is 5.28. The van der Waals surface area contributed by atoms with Crippen molar-refractivity contribution in [3.05, 3.63) is 33.5 Å². The summed E-state index contributed by atoms with van der Waals surface area (Å²) < 4.78 is 13.2. The Morgan fingerprint density at radius 2 is 2.22 bits per heavy atom. The number of hydrogen-bond donors (Lipinski definition) is 1. The fourth-order valence-corrected chi connectivity index (χ4v) is 7.57. The molecular formula is C25H30N4O4S3. The highest BCUT2D eigenvalue weighted by atomic mass is 32.2. The van der Waals surface area contributed by atoms with Gasteiger partial charge < -0.3 is 14.8 Å². The number of amides is 1. The molecule has 5 rings (SSSR count). The molecule has 1 aliphatic carbocycles. The molecule has 1 N–H and O–H groups in total. The van der Waals surface area contributed by atoms with Gasteiger partial charge in [0.05, 0.1) is 35.4 Å². The summed E-state index contributed by atoms with van der Waals surface area (Å²) in [6.45, 7) is 5.76. The third-order valence-corrected chi connectivity index (χ3v) is 9.45. The highest BCUT2D eigenvalue weighted by molar-refractivity contribution is 7.99. The first-order chi connectivity index (χ1) is 17.5. The molecule has 2 unspecified atom stereocenters. The van der Waals surface area contributed by atoms with Crippen LogP contribution in [0, 0.1) is 5.92 Å². The molecule has 8 nitrogen and oxygen atoms in total. The van der Waals surface area contributed by atoms with Crippen LogP contribution < -0.4 is 5.32 Å². The molecule has 2 atom stereocenters. The van der Waals surface area contributed by atoms with Crippen LogP contribution in [0.5, 0.6) is 0 Å². The normalized spacial score (nSPS) is 19.3. The van der Waals surface area contributed by atoms with Crippen molar-refractivity contribution in [1.29, 1.82) is 0 Å². The maximum Gasteiger partial charge on any atom is 0.341 e. The zero-order chi connectivity index (χ0) is 25.1. The third-order valence-electron chi connectivity index (χ3n) is 6.45. The Hall–Kier alpha value is -2.21. The molecule has 11 heteroatoms. The lowest BCUT2D eigenvalue weighted by molar-refractivity contribution is -0.113. The second-order valence-electron chi connectivity index (χ2n) is 9.14. The van der Waals surface area contributed by atoms with Crippen LogP contribution in [0.25, 0.3) is 10.7 Å². The van der Waals surface area contributed by atoms with Gasteiger partial charge in [0.25, 0.3) is 0 Å². The fraction of sp³-hybridized carbons (Fsp3) is 0.520. The van der Waals surface area contributed by atoms with Crippen molar-refractivity contribution >= 4 is 51.3 Å². The van der Waals surface area contributed by atoms with Gasteiger partial charge in [0.15, 0.2) is 11.0 Å². The monoisotopic (exact) mass is 546 g/mol. The van der Waals surface area contributed by atoms with E-state index in [-0.39, 0.29) is 23.7 Å². The van der Waals surface area contributed by atoms with Gasteiger partial charge in [-0.05, 0) is 62.0 Å². The van der Waals surface area contributed by atoms with Crippen LogP contribution in [0.2, 0.25) is 0 Å². The number of thioether (sulfide) groups is 1. The van der Waals surface area contributed by atoms with Crippen LogP contribution in [-0.2, 0) is 33.7 Å². The van der Waals surface area contributed by atoms with Crippen molar-refractivity contribution in [2.75, 3.05) is 24.3 Å². The van der Waals surface area contributed by atoms with Gasteiger partial charge in [-0.2, -0.15) is 0 Å². The third kappa shape index (κ3) is 5.53. The maximum atomic E-state index is 13.0. The molecule has 0 spiro atoms. The molecule has 4 heterocycles. The van der Waals surface area contributed by atoms with E-state index in [9.17, 15) is 9.59 Å². The van der Waals surface area contributed by atoms with Gasteiger partial charge in [0.1, 0.15) is 5.00 Å². The molecule has 0 aromatic carbocycles. The number of hydrogen-bond acceptors (Lipinski definition) is 9. The first-order valence-electron chi connectivity index (χ1n) is 12.4. The molecule has 0 saturated carbocycles. The highest BCUT2D eigenvalue weighted by Gasteiger charge is 2.29. The van der Waals surface area contributed by atoms with Crippen molar-refractivity contribution in [2.45, 2.75) is 63.8 Å². The first-order valence-corrected chi connectivity index (χ1v) is 15.0. The smallest absolute Gasteiger partial charge is 0.341 e. The number of rotatable bonds is 9. The molecule has 0 radical (unpaired) electrons. The minimum atomic E-state index is -0.357. The van der Waals surface area contributed by atoms with E-state index < -0.39 is 0 Å². The summed E-state index contributed by atoms with van der Waals surface area (Å²) in [5.41, 5.74) is 1.57. The maximum absolute atomic E-state index is 13.0. The van der Waals surface area contributed by atoms with Crippen LogP contribution in [0.4, 0.5) is 5.00 Å². The Bertz CT molecular complexity index is 1210. The highest BCUT2D eigenvalue weighted by Crippen LogP contribution is 2.40. The van der Waals surface area contributed by atoms with Gasteiger partial charge in [-0.1, -0.05) is 24.8 Å². The number of esters is 1. The van der Waals surface area contributed by atoms with Gasteiger partial charge in [-0.3, -0.25) is 9.36 Å². The van der Waals surface area contributed by atoms with E-state index >= 15 is 0 Å². The molecule has 1 amide bonds. The quantitative estimate of drug-likeness (QED) is 0.288. The van der Waals surface area contributed by atoms with E-state index in [0.717, 1.165) is 55.0 Å². The largest absolute Gasteiger partial charge is 0.462 e. The van der Waals surface area contributed by atoms with Crippen molar-refractivity contribution in [2.24, 2.45) is 5.92 Å². The minimum absolute atomic E-state index is 0.125. The van der Waals surface area contributed by atoms with Crippen molar-refractivity contribution < 1.29 is 19.1 Å². The number of nitrogens with one attached hydrogen (secondary N) is 1. The number of nitrogens with zero attached hydrogens (tertiary/aromatic N) is 3. The van der Waals surface area contributed by atoms with Crippen LogP contribution >= 0.6 is 34.4 Å². The number of fused-ring (bicyclic) bond motifs is 1. The Morgan fingerprint density at radius 3 is 2.97 bits per heavy atom. The fourth-order valence-electron chi connectivity index (χ4n) is 4.69. The molecule has 36 heavy (non-hydrogen) atoms. The van der Waals surface area contributed by atoms with Crippen LogP contribution in [0.3, 0.4) is 0 Å². The summed E-state index contributed by atoms with van der Waals surface area (Å²) >= 11 is 4.47. The number of carbonyl (C=O) groups is 2. The van der Waals surface area contributed by atoms with Gasteiger partial charge in [0.2, 0.25) is 5.91 Å². The van der Waals surface area contributed by atoms with Crippen molar-refractivity contribution in [3.8, 4) is 10.7 Å². The summed E-state index contributed by atoms with van der Waals surface area (Å²) in [6.07, 6.45) is 4.98. The first kappa shape index (κ1) is 25.4. The van der Waals surface area contributed by atoms with Crippen molar-refractivity contribution in [3.63, 3.8) is 0 Å². The summed E-state index contributed by atoms with van der Waals surface area (Å²) in [5, 5.41) is 15.1. The molecule has 2 aliphatic rings. The number of ether oxygens (including phenoxy) is 2. The van der Waals surface area contributed by atoms with Crippen LogP contribution in [0.15, 0.2) is 22.7 Å². The molecule has 192 valence electrons. The van der Waals surface area contributed by atoms with Crippen molar-refractivity contribution in [1.82, 2.24) is 14.8 Å². The molecule has 1 saturated heterocycles. The van der Waals surface area contributed by atoms with Gasteiger partial charge >= 0.3 is 5.97 Å². The topological polar surface area (TPSA) is 95.3 Å². The van der Waals surface area contributed by atoms with Crippen LogP contribution in [0.1, 0.15) is 53.9 Å². The number of aromatic nitrogens is 3. The van der Waals surface area contributed by atoms with E-state index in [2.05, 4.69) is 27.0 Å². The second-order valence-corrected chi connectivity index (χ2v) is 12.1. The zero-order valence-electron chi connectivity index (χ0n) is 20.5. The average Bonchev–Trinajstić information content (AvgIpc) is 3.65. The zero-order valence-corrected chi connectivity index (χ0v) is 22.9. The van der Waals surface area contributed by atoms with Gasteiger partial charge in [0, 0.05) is 11.5 Å². The molecule has 3 aromatic rings. The lowest BCUT2D eigenvalue weighted by atomic mass is 9.88. The predicted molar refractivity (Wildman–Crippen MR) is 143 cm³/mol. The van der Waals surface area contributed by atoms with E-state index in [0.29, 0.717) is 34.8 Å². The van der Waals surface area contributed by atoms with E-state index in [4.69, 9.17) is 9.47 Å². The summed E-state index contributed by atoms with van der Waals surface area (Å²) in [7, 11) is 0. The van der Waals surface area contributed by atoms with E-state index in [1.54, 1.807) is 18.3 Å². The number of carbonyl (C=O) groups excluding carboxylic acids is 2. The Kier molecular flexibility index (Phi) is 8.09. The van der Waals surface area contributed by atoms with E-state index in [1.807, 2.05) is 17.5 Å².